The van der Waals surface area contributed by atoms with Crippen LogP contribution >= 0.6 is 0 Å². The smallest absolute Gasteiger partial charge is 0.344 e. The molecule has 1 aromatic carbocycles. The number of hydrogen-bond acceptors (Lipinski definition) is 3. The summed E-state index contributed by atoms with van der Waals surface area (Å²) in [4.78, 5) is 16.0. The van der Waals surface area contributed by atoms with Crippen LogP contribution in [0.25, 0.3) is 11.3 Å². The molecule has 3 heteroatoms. The largest absolute Gasteiger partial charge is 0.422 e. The van der Waals surface area contributed by atoms with Crippen LogP contribution in [-0.2, 0) is 4.74 Å². The lowest BCUT2D eigenvalue weighted by Gasteiger charge is -2.07. The minimum atomic E-state index is -0.282. The molecule has 0 atom stereocenters. The van der Waals surface area contributed by atoms with Crippen molar-refractivity contribution >= 4 is 17.3 Å². The predicted molar refractivity (Wildman–Crippen MR) is 73.3 cm³/mol. The molecule has 94 valence electrons. The molecule has 0 unspecified atom stereocenters. The van der Waals surface area contributed by atoms with Crippen molar-refractivity contribution in [1.82, 2.24) is 4.98 Å². The molecule has 0 spiro atoms. The molecule has 1 aromatic heterocycles. The summed E-state index contributed by atoms with van der Waals surface area (Å²) in [5, 5.41) is 0. The van der Waals surface area contributed by atoms with Crippen LogP contribution in [0.3, 0.4) is 0 Å². The molecule has 1 aliphatic rings. The van der Waals surface area contributed by atoms with E-state index in [1.165, 1.54) is 0 Å². The maximum Gasteiger partial charge on any atom is 0.344 e. The number of cyclic esters (lactones) is 1. The second kappa shape index (κ2) is 4.35. The second-order valence-corrected chi connectivity index (χ2v) is 4.58. The van der Waals surface area contributed by atoms with Gasteiger partial charge in [0.05, 0.1) is 5.56 Å². The first-order valence-corrected chi connectivity index (χ1v) is 6.12. The first-order valence-electron chi connectivity index (χ1n) is 6.12. The van der Waals surface area contributed by atoms with Crippen LogP contribution in [0, 0.1) is 6.92 Å². The van der Waals surface area contributed by atoms with Crippen molar-refractivity contribution < 1.29 is 9.53 Å². The van der Waals surface area contributed by atoms with E-state index in [-0.39, 0.29) is 5.97 Å². The van der Waals surface area contributed by atoms with Gasteiger partial charge in [0.1, 0.15) is 5.76 Å². The minimum Gasteiger partial charge on any atom is -0.422 e. The van der Waals surface area contributed by atoms with Gasteiger partial charge in [-0.05, 0) is 43.2 Å². The average molecular weight is 251 g/mol. The summed E-state index contributed by atoms with van der Waals surface area (Å²) < 4.78 is 5.41. The van der Waals surface area contributed by atoms with Gasteiger partial charge in [-0.25, -0.2) is 4.79 Å². The number of rotatable bonds is 1. The number of carbonyl (C=O) groups excluding carboxylic acids is 1. The molecule has 2 aromatic rings. The van der Waals surface area contributed by atoms with Gasteiger partial charge in [-0.15, -0.1) is 0 Å². The zero-order valence-electron chi connectivity index (χ0n) is 10.8. The van der Waals surface area contributed by atoms with E-state index in [2.05, 4.69) is 4.98 Å². The number of hydrogen-bond donors (Lipinski definition) is 0. The number of esters is 1. The highest BCUT2D eigenvalue weighted by atomic mass is 16.5. The highest BCUT2D eigenvalue weighted by molar-refractivity contribution is 6.07. The molecular weight excluding hydrogens is 238 g/mol. The Morgan fingerprint density at radius 2 is 1.89 bits per heavy atom. The Bertz CT molecular complexity index is 701. The Labute approximate surface area is 111 Å². The number of ether oxygens (including phenoxy) is 1. The van der Waals surface area contributed by atoms with Crippen LogP contribution < -0.4 is 0 Å². The lowest BCUT2D eigenvalue weighted by molar-refractivity contribution is 0.0716. The lowest BCUT2D eigenvalue weighted by atomic mass is 10.0. The summed E-state index contributed by atoms with van der Waals surface area (Å²) >= 11 is 0. The Balaban J connectivity index is 2.17. The van der Waals surface area contributed by atoms with Crippen LogP contribution in [0.2, 0.25) is 0 Å². The summed E-state index contributed by atoms with van der Waals surface area (Å²) in [6.07, 6.45) is 1.76. The van der Waals surface area contributed by atoms with Gasteiger partial charge in [0, 0.05) is 17.5 Å². The van der Waals surface area contributed by atoms with Crippen molar-refractivity contribution in [2.75, 3.05) is 0 Å². The summed E-state index contributed by atoms with van der Waals surface area (Å²) in [6.45, 7) is 3.90. The fourth-order valence-corrected chi connectivity index (χ4v) is 2.25. The Kier molecular flexibility index (Phi) is 2.67. The third-order valence-corrected chi connectivity index (χ3v) is 3.26. The van der Waals surface area contributed by atoms with Crippen molar-refractivity contribution in [2.45, 2.75) is 13.8 Å². The van der Waals surface area contributed by atoms with Crippen LogP contribution in [0.5, 0.6) is 0 Å². The summed E-state index contributed by atoms with van der Waals surface area (Å²) in [5.74, 6) is 0.363. The number of benzene rings is 1. The first kappa shape index (κ1) is 11.7. The van der Waals surface area contributed by atoms with Crippen molar-refractivity contribution in [1.29, 1.82) is 0 Å². The van der Waals surface area contributed by atoms with Crippen molar-refractivity contribution in [3.8, 4) is 0 Å². The Hall–Kier alpha value is -2.42. The molecule has 0 bridgehead atoms. The van der Waals surface area contributed by atoms with E-state index in [0.717, 1.165) is 22.4 Å². The standard InChI is InChI=1S/C16H13NO2/c1-10-9-12(7-8-17-10)11(2)15-13-5-3-4-6-14(13)16(18)19-15/h3-9H,1-2H3. The third-order valence-electron chi connectivity index (χ3n) is 3.26. The topological polar surface area (TPSA) is 39.2 Å². The monoisotopic (exact) mass is 251 g/mol. The molecule has 0 N–H and O–H groups in total. The first-order chi connectivity index (χ1) is 9.16. The van der Waals surface area contributed by atoms with Gasteiger partial charge in [0.15, 0.2) is 0 Å². The van der Waals surface area contributed by atoms with Crippen molar-refractivity contribution in [2.24, 2.45) is 0 Å². The molecule has 0 saturated carbocycles. The van der Waals surface area contributed by atoms with Crippen LogP contribution in [-0.4, -0.2) is 11.0 Å². The summed E-state index contributed by atoms with van der Waals surface area (Å²) in [6, 6.07) is 11.4. The molecule has 19 heavy (non-hydrogen) atoms. The van der Waals surface area contributed by atoms with Crippen LogP contribution in [0.1, 0.15) is 34.1 Å². The van der Waals surface area contributed by atoms with E-state index in [4.69, 9.17) is 4.74 Å². The molecule has 0 saturated heterocycles. The fourth-order valence-electron chi connectivity index (χ4n) is 2.25. The van der Waals surface area contributed by atoms with Gasteiger partial charge in [0.2, 0.25) is 0 Å². The van der Waals surface area contributed by atoms with E-state index in [1.807, 2.05) is 44.2 Å². The van der Waals surface area contributed by atoms with E-state index in [1.54, 1.807) is 12.3 Å². The van der Waals surface area contributed by atoms with Crippen LogP contribution in [0.15, 0.2) is 42.6 Å². The molecule has 0 fully saturated rings. The molecule has 1 aliphatic heterocycles. The van der Waals surface area contributed by atoms with Gasteiger partial charge >= 0.3 is 5.97 Å². The predicted octanol–water partition coefficient (Wildman–Crippen LogP) is 3.45. The van der Waals surface area contributed by atoms with Gasteiger partial charge in [-0.3, -0.25) is 4.98 Å². The van der Waals surface area contributed by atoms with E-state index < -0.39 is 0 Å². The number of carbonyl (C=O) groups is 1. The van der Waals surface area contributed by atoms with Gasteiger partial charge in [0.25, 0.3) is 0 Å². The van der Waals surface area contributed by atoms with E-state index in [0.29, 0.717) is 11.3 Å². The SMILES string of the molecule is CC(=C1OC(=O)c2ccccc21)c1ccnc(C)c1. The molecular formula is C16H13NO2. The van der Waals surface area contributed by atoms with E-state index >= 15 is 0 Å². The molecule has 3 nitrogen and oxygen atoms in total. The summed E-state index contributed by atoms with van der Waals surface area (Å²) in [7, 11) is 0. The van der Waals surface area contributed by atoms with Crippen molar-refractivity contribution in [3.63, 3.8) is 0 Å². The van der Waals surface area contributed by atoms with Crippen LogP contribution in [0.4, 0.5) is 0 Å². The fraction of sp³-hybridized carbons (Fsp3) is 0.125. The maximum absolute atomic E-state index is 11.8. The van der Waals surface area contributed by atoms with Gasteiger partial charge in [-0.1, -0.05) is 18.2 Å². The molecule has 0 aliphatic carbocycles. The van der Waals surface area contributed by atoms with Gasteiger partial charge in [-0.2, -0.15) is 0 Å². The third kappa shape index (κ3) is 1.93. The number of fused-ring (bicyclic) bond motifs is 1. The van der Waals surface area contributed by atoms with Gasteiger partial charge < -0.3 is 4.74 Å². The van der Waals surface area contributed by atoms with Crippen molar-refractivity contribution in [3.05, 3.63) is 65.0 Å². The number of aryl methyl sites for hydroxylation is 1. The molecule has 2 heterocycles. The highest BCUT2D eigenvalue weighted by Gasteiger charge is 2.27. The number of pyridine rings is 1. The second-order valence-electron chi connectivity index (χ2n) is 4.58. The minimum absolute atomic E-state index is 0.282. The zero-order valence-corrected chi connectivity index (χ0v) is 10.8. The normalized spacial score (nSPS) is 16.0. The Morgan fingerprint density at radius 1 is 1.16 bits per heavy atom. The van der Waals surface area contributed by atoms with E-state index in [9.17, 15) is 4.79 Å². The number of allylic oxidation sites excluding steroid dienone is 1. The zero-order chi connectivity index (χ0) is 13.4. The highest BCUT2D eigenvalue weighted by Crippen LogP contribution is 2.35. The molecule has 3 rings (SSSR count). The Morgan fingerprint density at radius 3 is 2.63 bits per heavy atom. The quantitative estimate of drug-likeness (QED) is 0.729. The average Bonchev–Trinajstić information content (AvgIpc) is 2.76. The molecule has 0 radical (unpaired) electrons. The number of aromatic nitrogens is 1. The molecule has 0 amide bonds. The lowest BCUT2D eigenvalue weighted by Crippen LogP contribution is -1.93. The number of nitrogens with zero attached hydrogens (tertiary/aromatic N) is 1. The summed E-state index contributed by atoms with van der Waals surface area (Å²) in [5.41, 5.74) is 4.40. The maximum atomic E-state index is 11.8.